The third-order valence-corrected chi connectivity index (χ3v) is 8.61. The van der Waals surface area contributed by atoms with Gasteiger partial charge in [0.05, 0.1) is 0 Å². The van der Waals surface area contributed by atoms with Gasteiger partial charge < -0.3 is 10.2 Å². The molecule has 1 aromatic carbocycles. The van der Waals surface area contributed by atoms with Crippen LogP contribution in [0.25, 0.3) is 0 Å². The minimum atomic E-state index is -1.64. The van der Waals surface area contributed by atoms with E-state index >= 15 is 0 Å². The van der Waals surface area contributed by atoms with Crippen molar-refractivity contribution < 1.29 is 10.2 Å². The van der Waals surface area contributed by atoms with Crippen molar-refractivity contribution in [2.75, 3.05) is 12.5 Å². The van der Waals surface area contributed by atoms with Crippen LogP contribution in [0.4, 0.5) is 0 Å². The van der Waals surface area contributed by atoms with E-state index in [1.165, 1.54) is 10.4 Å². The Morgan fingerprint density at radius 2 is 1.00 bits per heavy atom. The Morgan fingerprint density at radius 1 is 0.750 bits per heavy atom. The van der Waals surface area contributed by atoms with Gasteiger partial charge in [0, 0.05) is 12.5 Å². The Bertz CT molecular complexity index is 310. The van der Waals surface area contributed by atoms with Gasteiger partial charge in [-0.15, -0.1) is 0 Å². The molecule has 0 amide bonds. The molecule has 0 unspecified atom stereocenters. The van der Waals surface area contributed by atoms with Crippen LogP contribution in [-0.4, -0.2) is 38.8 Å². The predicted octanol–water partition coefficient (Wildman–Crippen LogP) is 0.580. The molecule has 0 fully saturated rings. The molecule has 4 heteroatoms. The number of rotatable bonds is 4. The average Bonchev–Trinajstić information content (AvgIpc) is 2.29. The quantitative estimate of drug-likeness (QED) is 0.772. The van der Waals surface area contributed by atoms with Crippen molar-refractivity contribution in [3.8, 4) is 0 Å². The molecule has 0 bridgehead atoms. The van der Waals surface area contributed by atoms with E-state index in [1.807, 2.05) is 0 Å². The molecule has 0 aliphatic carbocycles. The first kappa shape index (κ1) is 13.6. The average molecular weight is 254 g/mol. The summed E-state index contributed by atoms with van der Waals surface area (Å²) in [5.41, 5.74) is 0. The van der Waals surface area contributed by atoms with Gasteiger partial charge in [0.15, 0.2) is 0 Å². The van der Waals surface area contributed by atoms with Crippen molar-refractivity contribution in [3.05, 3.63) is 24.3 Å². The van der Waals surface area contributed by atoms with Crippen LogP contribution in [0.1, 0.15) is 0 Å². The van der Waals surface area contributed by atoms with Gasteiger partial charge in [-0.05, 0) is 0 Å². The molecule has 2 N–H and O–H groups in total. The maximum atomic E-state index is 9.35. The van der Waals surface area contributed by atoms with Gasteiger partial charge >= 0.3 is 0 Å². The van der Waals surface area contributed by atoms with Crippen LogP contribution < -0.4 is 10.4 Å². The monoisotopic (exact) mass is 254 g/mol. The van der Waals surface area contributed by atoms with Gasteiger partial charge in [-0.1, -0.05) is 60.8 Å². The number of hydrogen-bond acceptors (Lipinski definition) is 2. The SMILES string of the molecule is C[Si](C)(CO)c1ccc([Si](C)(C)CO)cc1. The second kappa shape index (κ2) is 4.83. The van der Waals surface area contributed by atoms with Crippen LogP contribution >= 0.6 is 0 Å². The van der Waals surface area contributed by atoms with E-state index in [1.54, 1.807) is 0 Å². The summed E-state index contributed by atoms with van der Waals surface area (Å²) in [5.74, 6) is 0. The summed E-state index contributed by atoms with van der Waals surface area (Å²) in [6.07, 6.45) is 0.570. The molecule has 0 aliphatic rings. The molecule has 0 aromatic heterocycles. The normalized spacial score (nSPS) is 12.9. The zero-order valence-electron chi connectivity index (χ0n) is 10.6. The highest BCUT2D eigenvalue weighted by Crippen LogP contribution is 2.04. The van der Waals surface area contributed by atoms with Crippen LogP contribution in [0.3, 0.4) is 0 Å². The number of hydrogen-bond donors (Lipinski definition) is 2. The van der Waals surface area contributed by atoms with Crippen LogP contribution in [0.2, 0.25) is 26.2 Å². The molecule has 0 atom stereocenters. The fourth-order valence-electron chi connectivity index (χ4n) is 1.56. The van der Waals surface area contributed by atoms with Gasteiger partial charge in [-0.25, -0.2) is 0 Å². The van der Waals surface area contributed by atoms with E-state index in [0.29, 0.717) is 0 Å². The molecule has 0 aliphatic heterocycles. The summed E-state index contributed by atoms with van der Waals surface area (Å²) in [5, 5.41) is 21.3. The second-order valence-corrected chi connectivity index (χ2v) is 15.0. The Labute approximate surface area is 100.0 Å². The Morgan fingerprint density at radius 3 is 1.19 bits per heavy atom. The fourth-order valence-corrected chi connectivity index (χ4v) is 4.06. The molecular weight excluding hydrogens is 232 g/mol. The summed E-state index contributed by atoms with van der Waals surface area (Å²) in [4.78, 5) is 0. The minimum Gasteiger partial charge on any atom is -0.399 e. The first-order chi connectivity index (χ1) is 7.33. The first-order valence-electron chi connectivity index (χ1n) is 5.66. The van der Waals surface area contributed by atoms with Gasteiger partial charge in [0.2, 0.25) is 0 Å². The predicted molar refractivity (Wildman–Crippen MR) is 74.8 cm³/mol. The highest BCUT2D eigenvalue weighted by molar-refractivity contribution is 6.91. The summed E-state index contributed by atoms with van der Waals surface area (Å²) < 4.78 is 0. The fraction of sp³-hybridized carbons (Fsp3) is 0.500. The summed E-state index contributed by atoms with van der Waals surface area (Å²) in [7, 11) is -3.27. The van der Waals surface area contributed by atoms with E-state index in [2.05, 4.69) is 50.5 Å². The standard InChI is InChI=1S/C12H22O2Si2/c1-15(2,9-13)11-5-7-12(8-6-11)16(3,4)10-14/h5-8,13-14H,9-10H2,1-4H3. The maximum absolute atomic E-state index is 9.35. The second-order valence-electron chi connectivity index (χ2n) is 5.66. The number of benzene rings is 1. The molecule has 0 saturated heterocycles. The Kier molecular flexibility index (Phi) is 4.12. The van der Waals surface area contributed by atoms with Crippen LogP contribution in [0.15, 0.2) is 24.3 Å². The summed E-state index contributed by atoms with van der Waals surface area (Å²) in [6.45, 7) is 8.65. The Hall–Kier alpha value is -0.426. The zero-order chi connectivity index (χ0) is 12.4. The third-order valence-electron chi connectivity index (χ3n) is 3.24. The lowest BCUT2D eigenvalue weighted by molar-refractivity contribution is 0.360. The van der Waals surface area contributed by atoms with Gasteiger partial charge in [-0.3, -0.25) is 0 Å². The van der Waals surface area contributed by atoms with Crippen molar-refractivity contribution >= 4 is 26.5 Å². The largest absolute Gasteiger partial charge is 0.399 e. The van der Waals surface area contributed by atoms with Crippen molar-refractivity contribution in [1.82, 2.24) is 0 Å². The molecular formula is C12H22O2Si2. The van der Waals surface area contributed by atoms with E-state index in [-0.39, 0.29) is 12.5 Å². The highest BCUT2D eigenvalue weighted by Gasteiger charge is 2.25. The van der Waals surface area contributed by atoms with E-state index in [4.69, 9.17) is 0 Å². The molecule has 1 rings (SSSR count). The topological polar surface area (TPSA) is 40.5 Å². The molecule has 0 radical (unpaired) electrons. The smallest absolute Gasteiger partial charge is 0.109 e. The van der Waals surface area contributed by atoms with Crippen molar-refractivity contribution in [2.45, 2.75) is 26.2 Å². The Balaban J connectivity index is 3.00. The first-order valence-corrected chi connectivity index (χ1v) is 12.1. The van der Waals surface area contributed by atoms with Gasteiger partial charge in [0.25, 0.3) is 0 Å². The van der Waals surface area contributed by atoms with Gasteiger partial charge in [0.1, 0.15) is 16.1 Å². The molecule has 16 heavy (non-hydrogen) atoms. The zero-order valence-corrected chi connectivity index (χ0v) is 12.6. The van der Waals surface area contributed by atoms with Crippen molar-refractivity contribution in [3.63, 3.8) is 0 Å². The maximum Gasteiger partial charge on any atom is 0.109 e. The molecule has 0 heterocycles. The van der Waals surface area contributed by atoms with E-state index in [0.717, 1.165) is 0 Å². The van der Waals surface area contributed by atoms with Gasteiger partial charge in [-0.2, -0.15) is 0 Å². The van der Waals surface area contributed by atoms with Crippen molar-refractivity contribution in [1.29, 1.82) is 0 Å². The van der Waals surface area contributed by atoms with Crippen LogP contribution in [0, 0.1) is 0 Å². The molecule has 0 saturated carbocycles. The molecule has 0 spiro atoms. The summed E-state index contributed by atoms with van der Waals surface area (Å²) in [6, 6.07) is 8.51. The van der Waals surface area contributed by atoms with Crippen LogP contribution in [0.5, 0.6) is 0 Å². The summed E-state index contributed by atoms with van der Waals surface area (Å²) >= 11 is 0. The molecule has 1 aromatic rings. The highest BCUT2D eigenvalue weighted by atomic mass is 28.3. The number of aliphatic hydroxyl groups excluding tert-OH is 2. The lowest BCUT2D eigenvalue weighted by Gasteiger charge is -2.23. The third kappa shape index (κ3) is 2.82. The van der Waals surface area contributed by atoms with Crippen LogP contribution in [-0.2, 0) is 0 Å². The lowest BCUT2D eigenvalue weighted by Crippen LogP contribution is -2.49. The van der Waals surface area contributed by atoms with E-state index in [9.17, 15) is 10.2 Å². The lowest BCUT2D eigenvalue weighted by atomic mass is 10.4. The minimum absolute atomic E-state index is 0.285. The molecule has 90 valence electrons. The number of aliphatic hydroxyl groups is 2. The van der Waals surface area contributed by atoms with E-state index < -0.39 is 16.1 Å². The van der Waals surface area contributed by atoms with Crippen molar-refractivity contribution in [2.24, 2.45) is 0 Å². The molecule has 2 nitrogen and oxygen atoms in total.